The number of benzene rings is 1. The number of nitrogens with one attached hydrogen (secondary N) is 1. The van der Waals surface area contributed by atoms with Crippen LogP contribution in [0.15, 0.2) is 29.8 Å². The summed E-state index contributed by atoms with van der Waals surface area (Å²) in [6.07, 6.45) is 2.26. The maximum atomic E-state index is 12.0. The summed E-state index contributed by atoms with van der Waals surface area (Å²) in [5.74, 6) is 0.224. The van der Waals surface area contributed by atoms with Crippen LogP contribution in [0.3, 0.4) is 0 Å². The van der Waals surface area contributed by atoms with E-state index in [2.05, 4.69) is 55.3 Å². The molecule has 0 saturated heterocycles. The number of carbonyl (C=O) groups is 1. The van der Waals surface area contributed by atoms with Gasteiger partial charge in [-0.3, -0.25) is 4.79 Å². The molecule has 102 valence electrons. The van der Waals surface area contributed by atoms with Crippen LogP contribution < -0.4 is 4.98 Å². The van der Waals surface area contributed by atoms with E-state index in [1.165, 1.54) is 16.7 Å². The summed E-state index contributed by atoms with van der Waals surface area (Å²) in [5.41, 5.74) is 4.46. The van der Waals surface area contributed by atoms with Gasteiger partial charge in [-0.15, -0.1) is 0 Å². The van der Waals surface area contributed by atoms with Crippen LogP contribution in [0, 0.1) is 5.92 Å². The molecule has 1 aliphatic carbocycles. The fourth-order valence-electron chi connectivity index (χ4n) is 2.97. The van der Waals surface area contributed by atoms with Crippen molar-refractivity contribution in [1.82, 2.24) is 4.98 Å². The van der Waals surface area contributed by atoms with Crippen molar-refractivity contribution in [3.63, 3.8) is 0 Å². The van der Waals surface area contributed by atoms with Gasteiger partial charge in [0.1, 0.15) is 0 Å². The predicted molar refractivity (Wildman–Crippen MR) is 83.3 cm³/mol. The Bertz CT molecular complexity index is 531. The summed E-state index contributed by atoms with van der Waals surface area (Å²) in [5, 5.41) is 0. The Morgan fingerprint density at radius 1 is 1.26 bits per heavy atom. The molecule has 1 unspecified atom stereocenters. The molecule has 1 aromatic carbocycles. The van der Waals surface area contributed by atoms with Gasteiger partial charge >= 0.3 is 0 Å². The van der Waals surface area contributed by atoms with Crippen LogP contribution in [-0.2, 0) is 4.79 Å². The van der Waals surface area contributed by atoms with Crippen LogP contribution in [0.5, 0.6) is 0 Å². The van der Waals surface area contributed by atoms with Crippen LogP contribution in [0.25, 0.3) is 6.08 Å². The Labute approximate surface area is 117 Å². The fraction of sp³-hybridized carbons (Fsp3) is 0.438. The van der Waals surface area contributed by atoms with Gasteiger partial charge in [0.25, 0.3) is 0 Å². The molecule has 0 spiro atoms. The number of allylic oxidation sites excluding steroid dienone is 1. The third-order valence-corrected chi connectivity index (χ3v) is 6.94. The van der Waals surface area contributed by atoms with E-state index < -0.39 is 8.24 Å². The highest BCUT2D eigenvalue weighted by atomic mass is 28.3. The number of hydrogen-bond donors (Lipinski definition) is 1. The smallest absolute Gasteiger partial charge is 0.214 e. The number of rotatable bonds is 3. The molecule has 0 aliphatic heterocycles. The first-order valence-corrected chi connectivity index (χ1v) is 10.00. The zero-order valence-electron chi connectivity index (χ0n) is 12.4. The molecule has 2 nitrogen and oxygen atoms in total. The Morgan fingerprint density at radius 2 is 1.89 bits per heavy atom. The van der Waals surface area contributed by atoms with Gasteiger partial charge in [0, 0.05) is 11.5 Å². The highest BCUT2D eigenvalue weighted by Gasteiger charge is 2.39. The van der Waals surface area contributed by atoms with E-state index in [0.717, 1.165) is 0 Å². The van der Waals surface area contributed by atoms with Crippen LogP contribution >= 0.6 is 0 Å². The molecule has 3 heteroatoms. The van der Waals surface area contributed by atoms with E-state index in [1.807, 2.05) is 13.8 Å². The maximum Gasteiger partial charge on any atom is 0.214 e. The standard InChI is InChI=1S/C16H23NOSi/c1-11(2)16(18)17-19(4,5)15-12(3)10-13-8-6-7-9-14(13)15/h6-11,15H,1-5H3,(H,17,18). The molecule has 0 aromatic heterocycles. The van der Waals surface area contributed by atoms with Crippen LogP contribution in [0.4, 0.5) is 0 Å². The molecule has 0 heterocycles. The summed E-state index contributed by atoms with van der Waals surface area (Å²) in [6, 6.07) is 8.52. The molecule has 0 radical (unpaired) electrons. The number of fused-ring (bicyclic) bond motifs is 1. The highest BCUT2D eigenvalue weighted by Crippen LogP contribution is 2.40. The average Bonchev–Trinajstić information content (AvgIpc) is 2.64. The van der Waals surface area contributed by atoms with Crippen molar-refractivity contribution in [2.24, 2.45) is 5.92 Å². The van der Waals surface area contributed by atoms with E-state index in [-0.39, 0.29) is 11.8 Å². The largest absolute Gasteiger partial charge is 0.381 e. The maximum absolute atomic E-state index is 12.0. The van der Waals surface area contributed by atoms with E-state index in [9.17, 15) is 4.79 Å². The van der Waals surface area contributed by atoms with Crippen molar-refractivity contribution in [3.05, 3.63) is 41.0 Å². The quantitative estimate of drug-likeness (QED) is 0.836. The Kier molecular flexibility index (Phi) is 3.68. The minimum absolute atomic E-state index is 0.0488. The first kappa shape index (κ1) is 14.1. The van der Waals surface area contributed by atoms with Gasteiger partial charge in [0.15, 0.2) is 8.24 Å². The van der Waals surface area contributed by atoms with E-state index in [1.54, 1.807) is 0 Å². The van der Waals surface area contributed by atoms with Gasteiger partial charge in [-0.2, -0.15) is 0 Å². The van der Waals surface area contributed by atoms with E-state index in [4.69, 9.17) is 0 Å². The summed E-state index contributed by atoms with van der Waals surface area (Å²) in [7, 11) is -1.88. The molecule has 0 fully saturated rings. The van der Waals surface area contributed by atoms with Crippen LogP contribution in [0.1, 0.15) is 37.4 Å². The lowest BCUT2D eigenvalue weighted by molar-refractivity contribution is -0.122. The molecule has 1 atom stereocenters. The van der Waals surface area contributed by atoms with Gasteiger partial charge in [0.2, 0.25) is 5.91 Å². The van der Waals surface area contributed by atoms with E-state index in [0.29, 0.717) is 5.54 Å². The Hall–Kier alpha value is -1.35. The number of carbonyl (C=O) groups excluding carboxylic acids is 1. The van der Waals surface area contributed by atoms with Gasteiger partial charge in [-0.1, -0.05) is 62.9 Å². The third-order valence-electron chi connectivity index (χ3n) is 3.84. The Balaban J connectivity index is 2.31. The molecule has 1 N–H and O–H groups in total. The monoisotopic (exact) mass is 273 g/mol. The minimum Gasteiger partial charge on any atom is -0.381 e. The summed E-state index contributed by atoms with van der Waals surface area (Å²) < 4.78 is 0. The molecule has 0 bridgehead atoms. The summed E-state index contributed by atoms with van der Waals surface area (Å²) in [6.45, 7) is 10.6. The first-order chi connectivity index (χ1) is 8.83. The predicted octanol–water partition coefficient (Wildman–Crippen LogP) is 3.70. The first-order valence-electron chi connectivity index (χ1n) is 6.92. The topological polar surface area (TPSA) is 29.1 Å². The van der Waals surface area contributed by atoms with Crippen molar-refractivity contribution in [3.8, 4) is 0 Å². The molecule has 2 rings (SSSR count). The van der Waals surface area contributed by atoms with Crippen molar-refractivity contribution in [2.45, 2.75) is 39.4 Å². The van der Waals surface area contributed by atoms with Crippen molar-refractivity contribution in [2.75, 3.05) is 0 Å². The molecular weight excluding hydrogens is 250 g/mol. The summed E-state index contributed by atoms with van der Waals surface area (Å²) >= 11 is 0. The fourth-order valence-corrected chi connectivity index (χ4v) is 6.30. The van der Waals surface area contributed by atoms with Gasteiger partial charge in [0.05, 0.1) is 0 Å². The molecule has 0 saturated carbocycles. The van der Waals surface area contributed by atoms with Gasteiger partial charge < -0.3 is 4.98 Å². The highest BCUT2D eigenvalue weighted by molar-refractivity contribution is 6.79. The minimum atomic E-state index is -1.88. The second-order valence-corrected chi connectivity index (χ2v) is 10.6. The van der Waals surface area contributed by atoms with Crippen molar-refractivity contribution in [1.29, 1.82) is 0 Å². The lowest BCUT2D eigenvalue weighted by Crippen LogP contribution is -2.54. The van der Waals surface area contributed by atoms with Gasteiger partial charge in [-0.05, 0) is 18.1 Å². The van der Waals surface area contributed by atoms with Crippen LogP contribution in [0.2, 0.25) is 13.1 Å². The third kappa shape index (κ3) is 2.66. The number of hydrogen-bond acceptors (Lipinski definition) is 1. The van der Waals surface area contributed by atoms with E-state index >= 15 is 0 Å². The van der Waals surface area contributed by atoms with Crippen LogP contribution in [-0.4, -0.2) is 14.1 Å². The zero-order valence-corrected chi connectivity index (χ0v) is 13.4. The zero-order chi connectivity index (χ0) is 14.2. The normalized spacial score (nSPS) is 18.2. The van der Waals surface area contributed by atoms with Gasteiger partial charge in [-0.25, -0.2) is 0 Å². The summed E-state index contributed by atoms with van der Waals surface area (Å²) in [4.78, 5) is 15.4. The second kappa shape index (κ2) is 4.97. The second-order valence-electron chi connectivity index (χ2n) is 6.32. The Morgan fingerprint density at radius 3 is 2.53 bits per heavy atom. The average molecular weight is 273 g/mol. The lowest BCUT2D eigenvalue weighted by Gasteiger charge is -2.33. The molecule has 1 aromatic rings. The SMILES string of the molecule is CC1=Cc2ccccc2C1[Si](C)(C)NC(=O)C(C)C. The molecule has 1 amide bonds. The van der Waals surface area contributed by atoms with Crippen molar-refractivity contribution < 1.29 is 4.79 Å². The molecular formula is C16H23NOSi. The number of amides is 1. The lowest BCUT2D eigenvalue weighted by atomic mass is 10.1. The molecule has 1 aliphatic rings. The van der Waals surface area contributed by atoms with Crippen molar-refractivity contribution >= 4 is 20.2 Å². The molecule has 19 heavy (non-hydrogen) atoms.